The van der Waals surface area contributed by atoms with Crippen LogP contribution < -0.4 is 20.3 Å². The number of nitrogens with one attached hydrogen (secondary N) is 2. The lowest BCUT2D eigenvalue weighted by atomic mass is 10.1. The van der Waals surface area contributed by atoms with Crippen molar-refractivity contribution in [1.82, 2.24) is 9.97 Å². The topological polar surface area (TPSA) is 76.2 Å². The first-order valence-corrected chi connectivity index (χ1v) is 7.94. The second-order valence-corrected chi connectivity index (χ2v) is 5.26. The van der Waals surface area contributed by atoms with Crippen molar-refractivity contribution in [2.45, 2.75) is 6.92 Å². The van der Waals surface area contributed by atoms with Gasteiger partial charge in [-0.2, -0.15) is 0 Å². The molecule has 2 N–H and O–H groups in total. The average Bonchev–Trinajstić information content (AvgIpc) is 2.63. The smallest absolute Gasteiger partial charge is 0.252 e. The number of H-pyrrole nitrogens is 1. The number of hydrogen-bond donors (Lipinski definition) is 2. The molecular formula is C19H19N3O3. The number of nitrogens with zero attached hydrogens (tertiary/aromatic N) is 1. The Kier molecular flexibility index (Phi) is 4.99. The Morgan fingerprint density at radius 2 is 1.88 bits per heavy atom. The number of rotatable bonds is 6. The van der Waals surface area contributed by atoms with Crippen molar-refractivity contribution in [3.05, 3.63) is 65.0 Å². The number of aromatic nitrogens is 2. The molecule has 25 heavy (non-hydrogen) atoms. The first-order chi connectivity index (χ1) is 12.2. The van der Waals surface area contributed by atoms with Crippen LogP contribution in [0.2, 0.25) is 0 Å². The molecule has 0 radical (unpaired) electrons. The molecule has 0 bridgehead atoms. The molecule has 0 amide bonds. The summed E-state index contributed by atoms with van der Waals surface area (Å²) in [5, 5.41) is 3.11. The van der Waals surface area contributed by atoms with E-state index in [0.29, 0.717) is 24.0 Å². The first-order valence-electron chi connectivity index (χ1n) is 7.94. The quantitative estimate of drug-likeness (QED) is 0.719. The minimum Gasteiger partial charge on any atom is -0.497 e. The summed E-state index contributed by atoms with van der Waals surface area (Å²) in [6.07, 6.45) is 0. The van der Waals surface area contributed by atoms with E-state index in [9.17, 15) is 4.79 Å². The monoisotopic (exact) mass is 337 g/mol. The number of hydrogen-bond acceptors (Lipinski definition) is 5. The predicted octanol–water partition coefficient (Wildman–Crippen LogP) is 3.59. The van der Waals surface area contributed by atoms with E-state index in [1.165, 1.54) is 6.07 Å². The number of ether oxygens (including phenoxy) is 2. The van der Waals surface area contributed by atoms with Crippen molar-refractivity contribution < 1.29 is 9.47 Å². The summed E-state index contributed by atoms with van der Waals surface area (Å²) in [7, 11) is 1.61. The van der Waals surface area contributed by atoms with Gasteiger partial charge in [0.2, 0.25) is 5.95 Å². The van der Waals surface area contributed by atoms with Gasteiger partial charge in [-0.05, 0) is 43.3 Å². The van der Waals surface area contributed by atoms with E-state index in [1.54, 1.807) is 7.11 Å². The van der Waals surface area contributed by atoms with Gasteiger partial charge >= 0.3 is 0 Å². The zero-order valence-electron chi connectivity index (χ0n) is 14.1. The molecule has 0 saturated heterocycles. The van der Waals surface area contributed by atoms with Gasteiger partial charge in [0.1, 0.15) is 11.5 Å². The molecule has 2 aromatic carbocycles. The Balaban J connectivity index is 1.93. The fourth-order valence-electron chi connectivity index (χ4n) is 2.41. The lowest BCUT2D eigenvalue weighted by Crippen LogP contribution is -2.11. The van der Waals surface area contributed by atoms with Crippen LogP contribution >= 0.6 is 0 Å². The van der Waals surface area contributed by atoms with Crippen molar-refractivity contribution in [3.8, 4) is 22.8 Å². The summed E-state index contributed by atoms with van der Waals surface area (Å²) in [4.78, 5) is 19.2. The minimum atomic E-state index is -0.239. The SMILES string of the molecule is CCOc1ccccc1Nc1nc(-c2ccc(OC)cc2)cc(=O)[nH]1. The summed E-state index contributed by atoms with van der Waals surface area (Å²) >= 11 is 0. The van der Waals surface area contributed by atoms with E-state index in [0.717, 1.165) is 17.0 Å². The van der Waals surface area contributed by atoms with E-state index in [2.05, 4.69) is 15.3 Å². The summed E-state index contributed by atoms with van der Waals surface area (Å²) in [5.41, 5.74) is 1.90. The second kappa shape index (κ2) is 7.53. The van der Waals surface area contributed by atoms with Gasteiger partial charge in [-0.15, -0.1) is 0 Å². The summed E-state index contributed by atoms with van der Waals surface area (Å²) in [6.45, 7) is 2.47. The third-order valence-corrected chi connectivity index (χ3v) is 3.57. The molecule has 0 atom stereocenters. The van der Waals surface area contributed by atoms with Crippen LogP contribution in [0.1, 0.15) is 6.92 Å². The van der Waals surface area contributed by atoms with E-state index in [1.807, 2.05) is 55.5 Å². The maximum absolute atomic E-state index is 12.0. The Hall–Kier alpha value is -3.28. The summed E-state index contributed by atoms with van der Waals surface area (Å²) in [5.74, 6) is 1.80. The van der Waals surface area contributed by atoms with E-state index in [4.69, 9.17) is 9.47 Å². The van der Waals surface area contributed by atoms with Crippen LogP contribution in [0.15, 0.2) is 59.4 Å². The van der Waals surface area contributed by atoms with Crippen LogP contribution in [0.25, 0.3) is 11.3 Å². The molecule has 0 fully saturated rings. The maximum Gasteiger partial charge on any atom is 0.252 e. The van der Waals surface area contributed by atoms with Crippen LogP contribution in [0.4, 0.5) is 11.6 Å². The van der Waals surface area contributed by atoms with Crippen LogP contribution in [0.3, 0.4) is 0 Å². The van der Waals surface area contributed by atoms with Crippen LogP contribution in [-0.2, 0) is 0 Å². The molecule has 3 aromatic rings. The molecule has 0 saturated carbocycles. The highest BCUT2D eigenvalue weighted by molar-refractivity contribution is 5.65. The lowest BCUT2D eigenvalue weighted by Gasteiger charge is -2.12. The number of para-hydroxylation sites is 2. The number of methoxy groups -OCH3 is 1. The molecular weight excluding hydrogens is 318 g/mol. The van der Waals surface area contributed by atoms with Crippen molar-refractivity contribution in [2.75, 3.05) is 19.0 Å². The maximum atomic E-state index is 12.0. The molecule has 1 heterocycles. The van der Waals surface area contributed by atoms with Crippen LogP contribution in [-0.4, -0.2) is 23.7 Å². The first kappa shape index (κ1) is 16.6. The Bertz CT molecular complexity index is 904. The summed E-state index contributed by atoms with van der Waals surface area (Å²) < 4.78 is 10.7. The van der Waals surface area contributed by atoms with E-state index >= 15 is 0 Å². The van der Waals surface area contributed by atoms with Crippen molar-refractivity contribution in [2.24, 2.45) is 0 Å². The Morgan fingerprint density at radius 3 is 2.60 bits per heavy atom. The van der Waals surface area contributed by atoms with Crippen molar-refractivity contribution in [1.29, 1.82) is 0 Å². The van der Waals surface area contributed by atoms with Gasteiger partial charge in [0.05, 0.1) is 25.1 Å². The number of aromatic amines is 1. The van der Waals surface area contributed by atoms with Crippen LogP contribution in [0.5, 0.6) is 11.5 Å². The minimum absolute atomic E-state index is 0.239. The molecule has 0 aliphatic rings. The predicted molar refractivity (Wildman–Crippen MR) is 97.7 cm³/mol. The molecule has 3 rings (SSSR count). The highest BCUT2D eigenvalue weighted by Crippen LogP contribution is 2.26. The van der Waals surface area contributed by atoms with Gasteiger partial charge in [0, 0.05) is 11.6 Å². The third-order valence-electron chi connectivity index (χ3n) is 3.57. The van der Waals surface area contributed by atoms with Gasteiger partial charge in [0.15, 0.2) is 0 Å². The number of anilines is 2. The van der Waals surface area contributed by atoms with Gasteiger partial charge in [-0.3, -0.25) is 9.78 Å². The molecule has 128 valence electrons. The highest BCUT2D eigenvalue weighted by atomic mass is 16.5. The standard InChI is InChI=1S/C19H19N3O3/c1-3-25-17-7-5-4-6-15(17)20-19-21-16(12-18(23)22-19)13-8-10-14(24-2)11-9-13/h4-12H,3H2,1-2H3,(H2,20,21,22,23). The largest absolute Gasteiger partial charge is 0.497 e. The molecule has 0 aliphatic heterocycles. The molecule has 1 aromatic heterocycles. The molecule has 0 spiro atoms. The second-order valence-electron chi connectivity index (χ2n) is 5.26. The number of benzene rings is 2. The fraction of sp³-hybridized carbons (Fsp3) is 0.158. The molecule has 0 aliphatic carbocycles. The normalized spacial score (nSPS) is 10.3. The molecule has 0 unspecified atom stereocenters. The van der Waals surface area contributed by atoms with Gasteiger partial charge in [0.25, 0.3) is 5.56 Å². The Morgan fingerprint density at radius 1 is 1.12 bits per heavy atom. The van der Waals surface area contributed by atoms with Gasteiger partial charge < -0.3 is 14.8 Å². The van der Waals surface area contributed by atoms with Gasteiger partial charge in [-0.1, -0.05) is 12.1 Å². The zero-order chi connectivity index (χ0) is 17.6. The van der Waals surface area contributed by atoms with Crippen molar-refractivity contribution >= 4 is 11.6 Å². The summed E-state index contributed by atoms with van der Waals surface area (Å²) in [6, 6.07) is 16.3. The van der Waals surface area contributed by atoms with Gasteiger partial charge in [-0.25, -0.2) is 4.98 Å². The fourth-order valence-corrected chi connectivity index (χ4v) is 2.41. The zero-order valence-corrected chi connectivity index (χ0v) is 14.1. The molecule has 6 nitrogen and oxygen atoms in total. The van der Waals surface area contributed by atoms with Crippen LogP contribution in [0, 0.1) is 0 Å². The third kappa shape index (κ3) is 3.98. The van der Waals surface area contributed by atoms with Crippen molar-refractivity contribution in [3.63, 3.8) is 0 Å². The highest BCUT2D eigenvalue weighted by Gasteiger charge is 2.08. The Labute approximate surface area is 145 Å². The average molecular weight is 337 g/mol. The molecule has 6 heteroatoms. The lowest BCUT2D eigenvalue weighted by molar-refractivity contribution is 0.342. The van der Waals surface area contributed by atoms with E-state index < -0.39 is 0 Å². The van der Waals surface area contributed by atoms with E-state index in [-0.39, 0.29) is 5.56 Å².